The molecule has 1 atom stereocenters. The lowest BCUT2D eigenvalue weighted by Gasteiger charge is -2.16. The minimum Gasteiger partial charge on any atom is -0.459 e. The lowest BCUT2D eigenvalue weighted by atomic mass is 10.2. The van der Waals surface area contributed by atoms with Crippen LogP contribution in [0.2, 0.25) is 0 Å². The Bertz CT molecular complexity index is 579. The van der Waals surface area contributed by atoms with Crippen LogP contribution in [0.15, 0.2) is 36.4 Å². The monoisotopic (exact) mass is 318 g/mol. The Hall–Kier alpha value is -2.34. The summed E-state index contributed by atoms with van der Waals surface area (Å²) in [5.74, 6) is -0.891. The predicted octanol–water partition coefficient (Wildman–Crippen LogP) is 1.37. The Morgan fingerprint density at radius 2 is 1.87 bits per heavy atom. The van der Waals surface area contributed by atoms with E-state index in [-0.39, 0.29) is 19.3 Å². The van der Waals surface area contributed by atoms with Crippen molar-refractivity contribution in [3.8, 4) is 0 Å². The van der Waals surface area contributed by atoms with E-state index in [1.807, 2.05) is 19.2 Å². The summed E-state index contributed by atoms with van der Waals surface area (Å²) in [5, 5.41) is 2.97. The molecule has 1 aliphatic rings. The number of hydrogen-bond acceptors (Lipinski definition) is 6. The minimum absolute atomic E-state index is 0.0204. The Morgan fingerprint density at radius 3 is 2.43 bits per heavy atom. The fourth-order valence-electron chi connectivity index (χ4n) is 1.93. The average molecular weight is 318 g/mol. The number of nitrogens with one attached hydrogen (secondary N) is 1. The second-order valence-corrected chi connectivity index (χ2v) is 5.32. The third-order valence-corrected chi connectivity index (χ3v) is 3.66. The first-order chi connectivity index (χ1) is 11.0. The standard InChI is InChI=1S/C17H22N2O4/c1-4-19(3)14-7-5-13(6-8-14)17(21)23-10-9-22-16(20)12(2)15-11-18-15/h5-8,15,18H,2,4,9-11H2,1,3H3. The van der Waals surface area contributed by atoms with E-state index in [4.69, 9.17) is 9.47 Å². The normalized spacial score (nSPS) is 15.7. The van der Waals surface area contributed by atoms with Crippen molar-refractivity contribution in [1.82, 2.24) is 5.32 Å². The second kappa shape index (κ2) is 7.78. The van der Waals surface area contributed by atoms with E-state index in [1.54, 1.807) is 12.1 Å². The number of esters is 2. The molecule has 0 radical (unpaired) electrons. The molecule has 1 saturated heterocycles. The Kier molecular flexibility index (Phi) is 5.76. The van der Waals surface area contributed by atoms with E-state index >= 15 is 0 Å². The molecule has 0 saturated carbocycles. The number of hydrogen-bond donors (Lipinski definition) is 1. The third-order valence-electron chi connectivity index (χ3n) is 3.66. The highest BCUT2D eigenvalue weighted by molar-refractivity contribution is 5.90. The Labute approximate surface area is 136 Å². The molecular formula is C17H22N2O4. The molecule has 6 heteroatoms. The van der Waals surface area contributed by atoms with Crippen LogP contribution in [0.4, 0.5) is 5.69 Å². The Morgan fingerprint density at radius 1 is 1.26 bits per heavy atom. The number of carbonyl (C=O) groups excluding carboxylic acids is 2. The summed E-state index contributed by atoms with van der Waals surface area (Å²) in [4.78, 5) is 25.5. The van der Waals surface area contributed by atoms with Gasteiger partial charge >= 0.3 is 11.9 Å². The van der Waals surface area contributed by atoms with Gasteiger partial charge in [0.1, 0.15) is 13.2 Å². The van der Waals surface area contributed by atoms with Gasteiger partial charge < -0.3 is 19.7 Å². The highest BCUT2D eigenvalue weighted by Crippen LogP contribution is 2.14. The van der Waals surface area contributed by atoms with Crippen molar-refractivity contribution in [3.05, 3.63) is 42.0 Å². The molecule has 1 aromatic carbocycles. The fourth-order valence-corrected chi connectivity index (χ4v) is 1.93. The maximum atomic E-state index is 11.9. The zero-order valence-electron chi connectivity index (χ0n) is 13.5. The van der Waals surface area contributed by atoms with Gasteiger partial charge in [-0.05, 0) is 31.2 Å². The molecule has 2 rings (SSSR count). The minimum atomic E-state index is -0.456. The zero-order chi connectivity index (χ0) is 16.8. The van der Waals surface area contributed by atoms with Gasteiger partial charge in [-0.25, -0.2) is 9.59 Å². The smallest absolute Gasteiger partial charge is 0.338 e. The molecule has 1 unspecified atom stereocenters. The summed E-state index contributed by atoms with van der Waals surface area (Å²) >= 11 is 0. The SMILES string of the molecule is C=C(C(=O)OCCOC(=O)c1ccc(N(C)CC)cc1)C1CN1. The van der Waals surface area contributed by atoms with Gasteiger partial charge in [0, 0.05) is 31.4 Å². The molecule has 6 nitrogen and oxygen atoms in total. The van der Waals surface area contributed by atoms with Crippen molar-refractivity contribution >= 4 is 17.6 Å². The van der Waals surface area contributed by atoms with Gasteiger partial charge in [-0.1, -0.05) is 6.58 Å². The quantitative estimate of drug-likeness (QED) is 0.338. The number of anilines is 1. The van der Waals surface area contributed by atoms with Gasteiger partial charge in [-0.15, -0.1) is 0 Å². The summed E-state index contributed by atoms with van der Waals surface area (Å²) in [7, 11) is 1.98. The van der Waals surface area contributed by atoms with Crippen LogP contribution >= 0.6 is 0 Å². The van der Waals surface area contributed by atoms with Crippen molar-refractivity contribution in [2.75, 3.05) is 38.3 Å². The molecule has 0 spiro atoms. The van der Waals surface area contributed by atoms with Crippen molar-refractivity contribution in [2.24, 2.45) is 0 Å². The van der Waals surface area contributed by atoms with Crippen LogP contribution in [-0.2, 0) is 14.3 Å². The molecule has 1 N–H and O–H groups in total. The van der Waals surface area contributed by atoms with E-state index in [9.17, 15) is 9.59 Å². The van der Waals surface area contributed by atoms with Crippen molar-refractivity contribution < 1.29 is 19.1 Å². The molecule has 1 aromatic rings. The van der Waals surface area contributed by atoms with Crippen molar-refractivity contribution in [2.45, 2.75) is 13.0 Å². The van der Waals surface area contributed by atoms with Crippen LogP contribution in [0.25, 0.3) is 0 Å². The Balaban J connectivity index is 1.72. The van der Waals surface area contributed by atoms with Gasteiger partial charge in [0.2, 0.25) is 0 Å². The third kappa shape index (κ3) is 4.82. The maximum Gasteiger partial charge on any atom is 0.338 e. The van der Waals surface area contributed by atoms with Crippen molar-refractivity contribution in [1.29, 1.82) is 0 Å². The first-order valence-corrected chi connectivity index (χ1v) is 7.60. The van der Waals surface area contributed by atoms with Crippen LogP contribution in [-0.4, -0.2) is 51.3 Å². The van der Waals surface area contributed by atoms with E-state index in [0.29, 0.717) is 11.1 Å². The first kappa shape index (κ1) is 17.0. The summed E-state index contributed by atoms with van der Waals surface area (Å²) in [6, 6.07) is 7.21. The van der Waals surface area contributed by atoms with Crippen LogP contribution in [0.3, 0.4) is 0 Å². The largest absolute Gasteiger partial charge is 0.459 e. The van der Waals surface area contributed by atoms with Crippen LogP contribution < -0.4 is 10.2 Å². The number of rotatable bonds is 8. The molecular weight excluding hydrogens is 296 g/mol. The maximum absolute atomic E-state index is 11.9. The van der Waals surface area contributed by atoms with Gasteiger partial charge in [-0.3, -0.25) is 0 Å². The van der Waals surface area contributed by atoms with E-state index in [0.717, 1.165) is 18.8 Å². The molecule has 0 aliphatic carbocycles. The number of carbonyl (C=O) groups is 2. The van der Waals surface area contributed by atoms with Crippen LogP contribution in [0, 0.1) is 0 Å². The fraction of sp³-hybridized carbons (Fsp3) is 0.412. The summed E-state index contributed by atoms with van der Waals surface area (Å²) in [6.45, 7) is 7.39. The summed E-state index contributed by atoms with van der Waals surface area (Å²) < 4.78 is 10.1. The summed E-state index contributed by atoms with van der Waals surface area (Å²) in [6.07, 6.45) is 0. The van der Waals surface area contributed by atoms with Gasteiger partial charge in [0.25, 0.3) is 0 Å². The summed E-state index contributed by atoms with van der Waals surface area (Å²) in [5.41, 5.74) is 1.91. The molecule has 124 valence electrons. The average Bonchev–Trinajstić information content (AvgIpc) is 3.42. The van der Waals surface area contributed by atoms with E-state index in [2.05, 4.69) is 23.7 Å². The second-order valence-electron chi connectivity index (χ2n) is 5.32. The lowest BCUT2D eigenvalue weighted by Crippen LogP contribution is -2.18. The van der Waals surface area contributed by atoms with Gasteiger partial charge in [-0.2, -0.15) is 0 Å². The van der Waals surface area contributed by atoms with Crippen molar-refractivity contribution in [3.63, 3.8) is 0 Å². The molecule has 23 heavy (non-hydrogen) atoms. The van der Waals surface area contributed by atoms with Crippen LogP contribution in [0.1, 0.15) is 17.3 Å². The molecule has 0 bridgehead atoms. The highest BCUT2D eigenvalue weighted by Gasteiger charge is 2.28. The molecule has 1 heterocycles. The van der Waals surface area contributed by atoms with E-state index in [1.165, 1.54) is 0 Å². The predicted molar refractivity (Wildman–Crippen MR) is 87.6 cm³/mol. The van der Waals surface area contributed by atoms with E-state index < -0.39 is 11.9 Å². The number of ether oxygens (including phenoxy) is 2. The van der Waals surface area contributed by atoms with Crippen LogP contribution in [0.5, 0.6) is 0 Å². The number of benzene rings is 1. The number of nitrogens with zero attached hydrogens (tertiary/aromatic N) is 1. The highest BCUT2D eigenvalue weighted by atomic mass is 16.6. The molecule has 0 aromatic heterocycles. The zero-order valence-corrected chi connectivity index (χ0v) is 13.5. The molecule has 1 aliphatic heterocycles. The topological polar surface area (TPSA) is 77.8 Å². The molecule has 0 amide bonds. The molecule has 1 fully saturated rings. The lowest BCUT2D eigenvalue weighted by molar-refractivity contribution is -0.140. The van der Waals surface area contributed by atoms with Gasteiger partial charge in [0.15, 0.2) is 0 Å². The first-order valence-electron chi connectivity index (χ1n) is 7.60. The van der Waals surface area contributed by atoms with Gasteiger partial charge in [0.05, 0.1) is 11.6 Å².